The minimum Gasteiger partial charge on any atom is -0.325 e. The predicted octanol–water partition coefficient (Wildman–Crippen LogP) is 2.46. The van der Waals surface area contributed by atoms with Gasteiger partial charge in [0.15, 0.2) is 0 Å². The molecule has 0 bridgehead atoms. The van der Waals surface area contributed by atoms with Gasteiger partial charge >= 0.3 is 0 Å². The van der Waals surface area contributed by atoms with Gasteiger partial charge in [-0.05, 0) is 61.9 Å². The Morgan fingerprint density at radius 3 is 3.00 bits per heavy atom. The molecule has 1 aliphatic heterocycles. The van der Waals surface area contributed by atoms with Crippen molar-refractivity contribution in [3.05, 3.63) is 29.6 Å². The molecule has 0 spiro atoms. The Labute approximate surface area is 112 Å². The maximum atomic E-state index is 13.3. The van der Waals surface area contributed by atoms with Crippen LogP contribution in [0.5, 0.6) is 0 Å². The predicted molar refractivity (Wildman–Crippen MR) is 72.4 cm³/mol. The zero-order chi connectivity index (χ0) is 13.4. The van der Waals surface area contributed by atoms with E-state index < -0.39 is 0 Å². The molecule has 102 valence electrons. The second-order valence-electron chi connectivity index (χ2n) is 5.75. The van der Waals surface area contributed by atoms with E-state index in [0.717, 1.165) is 18.5 Å². The zero-order valence-corrected chi connectivity index (χ0v) is 11.1. The van der Waals surface area contributed by atoms with E-state index in [0.29, 0.717) is 17.5 Å². The van der Waals surface area contributed by atoms with Gasteiger partial charge in [0.25, 0.3) is 0 Å². The first kappa shape index (κ1) is 12.6. The highest BCUT2D eigenvalue weighted by Crippen LogP contribution is 2.38. The fraction of sp³-hybridized carbons (Fsp3) is 0.533. The summed E-state index contributed by atoms with van der Waals surface area (Å²) in [6, 6.07) is 4.50. The number of anilines is 1. The van der Waals surface area contributed by atoms with Gasteiger partial charge in [-0.3, -0.25) is 4.79 Å². The molecule has 1 aliphatic carbocycles. The first-order chi connectivity index (χ1) is 9.13. The second kappa shape index (κ2) is 4.93. The van der Waals surface area contributed by atoms with Gasteiger partial charge in [0, 0.05) is 5.69 Å². The van der Waals surface area contributed by atoms with Crippen molar-refractivity contribution in [2.45, 2.75) is 32.2 Å². The number of benzene rings is 1. The summed E-state index contributed by atoms with van der Waals surface area (Å²) in [4.78, 5) is 12.3. The molecule has 3 unspecified atom stereocenters. The third-order valence-corrected chi connectivity index (χ3v) is 4.34. The Bertz CT molecular complexity index is 483. The van der Waals surface area contributed by atoms with E-state index in [1.54, 1.807) is 6.07 Å². The highest BCUT2D eigenvalue weighted by atomic mass is 19.1. The number of fused-ring (bicyclic) bond motifs is 1. The summed E-state index contributed by atoms with van der Waals surface area (Å²) in [5, 5.41) is 6.14. The number of nitrogens with one attached hydrogen (secondary N) is 2. The van der Waals surface area contributed by atoms with Crippen LogP contribution in [0.3, 0.4) is 0 Å². The van der Waals surface area contributed by atoms with Crippen LogP contribution in [-0.2, 0) is 4.79 Å². The number of amides is 1. The molecule has 1 aromatic rings. The Hall–Kier alpha value is -1.42. The molecule has 1 heterocycles. The highest BCUT2D eigenvalue weighted by molar-refractivity contribution is 5.95. The molecule has 4 heteroatoms. The van der Waals surface area contributed by atoms with E-state index in [-0.39, 0.29) is 17.8 Å². The summed E-state index contributed by atoms with van der Waals surface area (Å²) >= 11 is 0. The fourth-order valence-corrected chi connectivity index (χ4v) is 3.50. The normalized spacial score (nSPS) is 29.3. The van der Waals surface area contributed by atoms with Gasteiger partial charge in [-0.1, -0.05) is 6.42 Å². The highest BCUT2D eigenvalue weighted by Gasteiger charge is 2.42. The molecular weight excluding hydrogens is 243 g/mol. The Morgan fingerprint density at radius 1 is 1.37 bits per heavy atom. The van der Waals surface area contributed by atoms with Crippen LogP contribution >= 0.6 is 0 Å². The molecule has 3 atom stereocenters. The lowest BCUT2D eigenvalue weighted by Crippen LogP contribution is -2.39. The van der Waals surface area contributed by atoms with Crippen molar-refractivity contribution in [1.82, 2.24) is 5.32 Å². The van der Waals surface area contributed by atoms with Gasteiger partial charge in [0.2, 0.25) is 5.91 Å². The maximum absolute atomic E-state index is 13.3. The summed E-state index contributed by atoms with van der Waals surface area (Å²) < 4.78 is 13.3. The molecule has 3 rings (SSSR count). The molecule has 1 saturated carbocycles. The standard InChI is InChI=1S/C15H19FN2O/c1-9-5-11(16)7-12(6-9)18-15(19)14-13-4-2-3-10(13)8-17-14/h5-7,10,13-14,17H,2-4,8H2,1H3,(H,18,19). The number of halogens is 1. The summed E-state index contributed by atoms with van der Waals surface area (Å²) in [7, 11) is 0. The Morgan fingerprint density at radius 2 is 2.21 bits per heavy atom. The van der Waals surface area contributed by atoms with E-state index >= 15 is 0 Å². The van der Waals surface area contributed by atoms with Crippen LogP contribution in [0.25, 0.3) is 0 Å². The zero-order valence-electron chi connectivity index (χ0n) is 11.1. The number of hydrogen-bond donors (Lipinski definition) is 2. The van der Waals surface area contributed by atoms with Gasteiger partial charge in [0.05, 0.1) is 6.04 Å². The topological polar surface area (TPSA) is 41.1 Å². The number of aryl methyl sites for hydroxylation is 1. The summed E-state index contributed by atoms with van der Waals surface area (Å²) in [6.07, 6.45) is 3.57. The average molecular weight is 262 g/mol. The molecule has 2 aliphatic rings. The van der Waals surface area contributed by atoms with Crippen LogP contribution in [0, 0.1) is 24.6 Å². The van der Waals surface area contributed by atoms with Crippen molar-refractivity contribution < 1.29 is 9.18 Å². The summed E-state index contributed by atoms with van der Waals surface area (Å²) in [6.45, 7) is 2.75. The van der Waals surface area contributed by atoms with Gasteiger partial charge in [-0.2, -0.15) is 0 Å². The molecule has 19 heavy (non-hydrogen) atoms. The van der Waals surface area contributed by atoms with Gasteiger partial charge in [-0.25, -0.2) is 4.39 Å². The van der Waals surface area contributed by atoms with Gasteiger partial charge in [0.1, 0.15) is 5.82 Å². The first-order valence-electron chi connectivity index (χ1n) is 6.95. The van der Waals surface area contributed by atoms with Crippen LogP contribution in [-0.4, -0.2) is 18.5 Å². The van der Waals surface area contributed by atoms with Gasteiger partial charge < -0.3 is 10.6 Å². The monoisotopic (exact) mass is 262 g/mol. The Balaban J connectivity index is 1.71. The SMILES string of the molecule is Cc1cc(F)cc(NC(=O)C2NCC3CCCC32)c1. The number of carbonyl (C=O) groups is 1. The van der Waals surface area contributed by atoms with E-state index in [9.17, 15) is 9.18 Å². The number of carbonyl (C=O) groups excluding carboxylic acids is 1. The number of rotatable bonds is 2. The molecule has 1 amide bonds. The summed E-state index contributed by atoms with van der Waals surface area (Å²) in [5.41, 5.74) is 1.36. The maximum Gasteiger partial charge on any atom is 0.241 e. The van der Waals surface area contributed by atoms with E-state index in [2.05, 4.69) is 10.6 Å². The molecule has 2 N–H and O–H groups in total. The molecule has 2 fully saturated rings. The minimum absolute atomic E-state index is 0.0283. The third kappa shape index (κ3) is 2.50. The molecule has 0 aromatic heterocycles. The van der Waals surface area contributed by atoms with E-state index in [4.69, 9.17) is 0 Å². The lowest BCUT2D eigenvalue weighted by molar-refractivity contribution is -0.118. The Kier molecular flexibility index (Phi) is 3.27. The molecule has 3 nitrogen and oxygen atoms in total. The minimum atomic E-state index is -0.312. The quantitative estimate of drug-likeness (QED) is 0.859. The van der Waals surface area contributed by atoms with Crippen LogP contribution in [0.15, 0.2) is 18.2 Å². The van der Waals surface area contributed by atoms with E-state index in [1.165, 1.54) is 25.0 Å². The van der Waals surface area contributed by atoms with Crippen molar-refractivity contribution in [2.24, 2.45) is 11.8 Å². The van der Waals surface area contributed by atoms with Crippen molar-refractivity contribution in [1.29, 1.82) is 0 Å². The van der Waals surface area contributed by atoms with Gasteiger partial charge in [-0.15, -0.1) is 0 Å². The second-order valence-corrected chi connectivity index (χ2v) is 5.75. The van der Waals surface area contributed by atoms with Crippen molar-refractivity contribution in [3.8, 4) is 0 Å². The van der Waals surface area contributed by atoms with Crippen molar-refractivity contribution in [2.75, 3.05) is 11.9 Å². The van der Waals surface area contributed by atoms with Crippen LogP contribution in [0.4, 0.5) is 10.1 Å². The largest absolute Gasteiger partial charge is 0.325 e. The lowest BCUT2D eigenvalue weighted by Gasteiger charge is -2.18. The fourth-order valence-electron chi connectivity index (χ4n) is 3.50. The van der Waals surface area contributed by atoms with Crippen molar-refractivity contribution in [3.63, 3.8) is 0 Å². The lowest BCUT2D eigenvalue weighted by atomic mass is 9.93. The summed E-state index contributed by atoms with van der Waals surface area (Å²) in [5.74, 6) is 0.757. The molecule has 1 saturated heterocycles. The average Bonchev–Trinajstić information content (AvgIpc) is 2.87. The molecule has 1 aromatic carbocycles. The van der Waals surface area contributed by atoms with E-state index in [1.807, 2.05) is 6.92 Å². The first-order valence-corrected chi connectivity index (χ1v) is 6.95. The van der Waals surface area contributed by atoms with Crippen LogP contribution in [0.2, 0.25) is 0 Å². The molecule has 0 radical (unpaired) electrons. The smallest absolute Gasteiger partial charge is 0.241 e. The third-order valence-electron chi connectivity index (χ3n) is 4.34. The van der Waals surface area contributed by atoms with Crippen LogP contribution < -0.4 is 10.6 Å². The van der Waals surface area contributed by atoms with Crippen LogP contribution in [0.1, 0.15) is 24.8 Å². The number of hydrogen-bond acceptors (Lipinski definition) is 2. The van der Waals surface area contributed by atoms with Crippen molar-refractivity contribution >= 4 is 11.6 Å². The molecular formula is C15H19FN2O.